The zero-order chi connectivity index (χ0) is 23.0. The molecule has 7 heteroatoms. The Morgan fingerprint density at radius 3 is 2.48 bits per heavy atom. The van der Waals surface area contributed by atoms with E-state index in [-0.39, 0.29) is 29.4 Å². The van der Waals surface area contributed by atoms with E-state index < -0.39 is 5.60 Å². The molecule has 0 unspecified atom stereocenters. The molecule has 1 heterocycles. The van der Waals surface area contributed by atoms with Gasteiger partial charge in [0.2, 0.25) is 0 Å². The lowest BCUT2D eigenvalue weighted by Gasteiger charge is -2.56. The molecule has 0 aliphatic heterocycles. The molecule has 1 aromatic heterocycles. The van der Waals surface area contributed by atoms with Crippen molar-refractivity contribution in [3.05, 3.63) is 10.5 Å². The molecule has 33 heavy (non-hydrogen) atoms. The second kappa shape index (κ2) is 7.76. The van der Waals surface area contributed by atoms with Gasteiger partial charge < -0.3 is 5.11 Å². The SMILES string of the molecule is C[C@@]1(O)CC[C@H]2[C@H](CC[C@@H]3[C@@H]2CC[C@]2(C)[C@@H](C(=O)Cn4nnn(CC5CC5)c4=O)CC[C@@H]32)C1. The smallest absolute Gasteiger partial charge is 0.364 e. The fourth-order valence-corrected chi connectivity index (χ4v) is 8.93. The van der Waals surface area contributed by atoms with Crippen molar-refractivity contribution in [3.8, 4) is 0 Å². The van der Waals surface area contributed by atoms with Gasteiger partial charge >= 0.3 is 5.69 Å². The first-order valence-corrected chi connectivity index (χ1v) is 13.5. The van der Waals surface area contributed by atoms with Gasteiger partial charge in [-0.15, -0.1) is 0 Å². The second-order valence-corrected chi connectivity index (χ2v) is 12.9. The summed E-state index contributed by atoms with van der Waals surface area (Å²) in [6.07, 6.45) is 12.3. The van der Waals surface area contributed by atoms with Gasteiger partial charge in [0, 0.05) is 5.92 Å². The van der Waals surface area contributed by atoms with Crippen LogP contribution in [0.4, 0.5) is 0 Å². The van der Waals surface area contributed by atoms with Crippen LogP contribution in [0.25, 0.3) is 0 Å². The first kappa shape index (κ1) is 22.0. The third-order valence-electron chi connectivity index (χ3n) is 10.8. The van der Waals surface area contributed by atoms with Gasteiger partial charge in [0.15, 0.2) is 5.78 Å². The molecule has 1 N–H and O–H groups in total. The van der Waals surface area contributed by atoms with Gasteiger partial charge in [-0.3, -0.25) is 4.79 Å². The summed E-state index contributed by atoms with van der Waals surface area (Å²) in [5.74, 6) is 4.35. The molecule has 0 spiro atoms. The zero-order valence-electron chi connectivity index (χ0n) is 20.3. The quantitative estimate of drug-likeness (QED) is 0.733. The summed E-state index contributed by atoms with van der Waals surface area (Å²) in [6.45, 7) is 5.10. The third kappa shape index (κ3) is 3.73. The Morgan fingerprint density at radius 2 is 1.70 bits per heavy atom. The van der Waals surface area contributed by atoms with Crippen molar-refractivity contribution in [3.63, 3.8) is 0 Å². The molecule has 7 nitrogen and oxygen atoms in total. The van der Waals surface area contributed by atoms with Crippen LogP contribution < -0.4 is 5.69 Å². The van der Waals surface area contributed by atoms with Gasteiger partial charge in [0.25, 0.3) is 0 Å². The Kier molecular flexibility index (Phi) is 5.17. The summed E-state index contributed by atoms with van der Waals surface area (Å²) in [5.41, 5.74) is -0.648. The van der Waals surface area contributed by atoms with Crippen LogP contribution in [0.1, 0.15) is 84.5 Å². The van der Waals surface area contributed by atoms with E-state index in [0.29, 0.717) is 24.3 Å². The van der Waals surface area contributed by atoms with E-state index in [9.17, 15) is 14.7 Å². The summed E-state index contributed by atoms with van der Waals surface area (Å²) in [6, 6.07) is 0. The predicted octanol–water partition coefficient (Wildman–Crippen LogP) is 3.44. The molecule has 5 fully saturated rings. The van der Waals surface area contributed by atoms with E-state index in [1.54, 1.807) is 0 Å². The van der Waals surface area contributed by atoms with E-state index >= 15 is 0 Å². The van der Waals surface area contributed by atoms with Crippen LogP contribution in [-0.4, -0.2) is 36.3 Å². The maximum absolute atomic E-state index is 13.5. The molecule has 8 atom stereocenters. The van der Waals surface area contributed by atoms with Gasteiger partial charge in [0.1, 0.15) is 6.54 Å². The Hall–Kier alpha value is -1.50. The molecule has 1 aromatic rings. The molecule has 5 aliphatic carbocycles. The highest BCUT2D eigenvalue weighted by atomic mass is 16.3. The number of hydrogen-bond acceptors (Lipinski definition) is 5. The van der Waals surface area contributed by atoms with E-state index in [0.717, 1.165) is 62.7 Å². The summed E-state index contributed by atoms with van der Waals surface area (Å²) in [7, 11) is 0. The molecule has 0 aromatic carbocycles. The number of nitrogens with zero attached hydrogens (tertiary/aromatic N) is 4. The largest absolute Gasteiger partial charge is 0.390 e. The third-order valence-corrected chi connectivity index (χ3v) is 10.8. The average Bonchev–Trinajstić information content (AvgIpc) is 3.43. The molecular weight excluding hydrogens is 416 g/mol. The average molecular weight is 457 g/mol. The van der Waals surface area contributed by atoms with E-state index in [4.69, 9.17) is 0 Å². The van der Waals surface area contributed by atoms with Crippen molar-refractivity contribution in [2.75, 3.05) is 0 Å². The van der Waals surface area contributed by atoms with Crippen molar-refractivity contribution in [2.45, 2.75) is 103 Å². The lowest BCUT2D eigenvalue weighted by atomic mass is 9.49. The molecule has 6 rings (SSSR count). The van der Waals surface area contributed by atoms with Crippen LogP contribution in [0.3, 0.4) is 0 Å². The lowest BCUT2D eigenvalue weighted by molar-refractivity contribution is -0.133. The number of carbonyl (C=O) groups is 1. The minimum absolute atomic E-state index is 0.0359. The van der Waals surface area contributed by atoms with Crippen molar-refractivity contribution in [2.24, 2.45) is 46.8 Å². The minimum Gasteiger partial charge on any atom is -0.390 e. The molecule has 0 radical (unpaired) electrons. The number of aliphatic hydroxyl groups is 1. The van der Waals surface area contributed by atoms with Gasteiger partial charge in [0.05, 0.1) is 12.1 Å². The summed E-state index contributed by atoms with van der Waals surface area (Å²) < 4.78 is 2.74. The Bertz CT molecular complexity index is 978. The zero-order valence-corrected chi connectivity index (χ0v) is 20.3. The first-order chi connectivity index (χ1) is 15.7. The molecule has 5 aliphatic rings. The standard InChI is InChI=1S/C26H40N4O3/c1-25(33)11-9-18-17(13-25)5-6-20-19(18)10-12-26(2)21(20)7-8-22(26)23(31)15-30-24(32)29(27-28-30)14-16-3-4-16/h16-22,33H,3-15H2,1-2H3/t17-,18+,19-,20-,21+,22-,25-,26+/m1/s1. The molecule has 5 saturated carbocycles. The summed E-state index contributed by atoms with van der Waals surface area (Å²) in [5, 5.41) is 18.7. The van der Waals surface area contributed by atoms with Crippen molar-refractivity contribution in [1.82, 2.24) is 19.8 Å². The molecule has 182 valence electrons. The number of hydrogen-bond donors (Lipinski definition) is 1. The highest BCUT2D eigenvalue weighted by molar-refractivity contribution is 5.82. The number of carbonyl (C=O) groups excluding carboxylic acids is 1. The Labute approximate surface area is 196 Å². The van der Waals surface area contributed by atoms with Crippen molar-refractivity contribution in [1.29, 1.82) is 0 Å². The Morgan fingerprint density at radius 1 is 0.939 bits per heavy atom. The van der Waals surface area contributed by atoms with Crippen LogP contribution in [0.5, 0.6) is 0 Å². The van der Waals surface area contributed by atoms with Crippen LogP contribution in [0.2, 0.25) is 0 Å². The van der Waals surface area contributed by atoms with Crippen molar-refractivity contribution >= 4 is 5.78 Å². The van der Waals surface area contributed by atoms with E-state index in [1.807, 2.05) is 6.92 Å². The summed E-state index contributed by atoms with van der Waals surface area (Å²) in [4.78, 5) is 26.1. The fourth-order valence-electron chi connectivity index (χ4n) is 8.93. The summed E-state index contributed by atoms with van der Waals surface area (Å²) >= 11 is 0. The molecule has 0 amide bonds. The maximum atomic E-state index is 13.5. The number of rotatable bonds is 5. The monoisotopic (exact) mass is 456 g/mol. The second-order valence-electron chi connectivity index (χ2n) is 12.9. The number of Topliss-reactive ketones (excluding diaryl/α,β-unsaturated/α-hetero) is 1. The molecule has 0 saturated heterocycles. The van der Waals surface area contributed by atoms with Gasteiger partial charge in [-0.2, -0.15) is 9.36 Å². The number of fused-ring (bicyclic) bond motifs is 5. The normalized spacial score (nSPS) is 44.7. The molecule has 0 bridgehead atoms. The first-order valence-electron chi connectivity index (χ1n) is 13.5. The lowest BCUT2D eigenvalue weighted by Crippen LogP contribution is -2.51. The van der Waals surface area contributed by atoms with Crippen molar-refractivity contribution < 1.29 is 9.90 Å². The maximum Gasteiger partial charge on any atom is 0.364 e. The Balaban J connectivity index is 1.15. The molecular formula is C26H40N4O3. The van der Waals surface area contributed by atoms with E-state index in [1.165, 1.54) is 35.0 Å². The van der Waals surface area contributed by atoms with Gasteiger partial charge in [-0.1, -0.05) is 6.92 Å². The minimum atomic E-state index is -0.472. The number of tetrazole rings is 1. The van der Waals surface area contributed by atoms with Crippen LogP contribution in [0.15, 0.2) is 4.79 Å². The van der Waals surface area contributed by atoms with Gasteiger partial charge in [-0.25, -0.2) is 4.79 Å². The van der Waals surface area contributed by atoms with Gasteiger partial charge in [-0.05, 0) is 129 Å². The van der Waals surface area contributed by atoms with E-state index in [2.05, 4.69) is 17.4 Å². The highest BCUT2D eigenvalue weighted by Crippen LogP contribution is 2.64. The number of ketones is 1. The predicted molar refractivity (Wildman–Crippen MR) is 123 cm³/mol. The number of aromatic nitrogens is 4. The fraction of sp³-hybridized carbons (Fsp3) is 0.923. The topological polar surface area (TPSA) is 90.0 Å². The van der Waals surface area contributed by atoms with Crippen LogP contribution in [0, 0.1) is 46.8 Å². The van der Waals surface area contributed by atoms with Crippen LogP contribution >= 0.6 is 0 Å². The van der Waals surface area contributed by atoms with Crippen LogP contribution in [-0.2, 0) is 17.9 Å². The highest BCUT2D eigenvalue weighted by Gasteiger charge is 2.58.